The van der Waals surface area contributed by atoms with Crippen molar-refractivity contribution in [1.29, 1.82) is 0 Å². The molecule has 76 valence electrons. The molecule has 0 bridgehead atoms. The molecule has 2 unspecified atom stereocenters. The van der Waals surface area contributed by atoms with Crippen molar-refractivity contribution in [3.63, 3.8) is 0 Å². The van der Waals surface area contributed by atoms with Gasteiger partial charge in [0.1, 0.15) is 0 Å². The van der Waals surface area contributed by atoms with E-state index in [1.807, 2.05) is 0 Å². The number of carboxylic acids is 1. The smallest absolute Gasteiger partial charge is 0.335 e. The van der Waals surface area contributed by atoms with Gasteiger partial charge in [0.25, 0.3) is 0 Å². The number of rotatable bonds is 2. The number of carbonyl (C=O) groups is 1. The van der Waals surface area contributed by atoms with E-state index in [4.69, 9.17) is 9.84 Å². The van der Waals surface area contributed by atoms with Crippen LogP contribution < -0.4 is 0 Å². The van der Waals surface area contributed by atoms with Gasteiger partial charge in [-0.1, -0.05) is 0 Å². The molecule has 1 heterocycles. The summed E-state index contributed by atoms with van der Waals surface area (Å²) in [5, 5.41) is 18.5. The summed E-state index contributed by atoms with van der Waals surface area (Å²) in [7, 11) is 0. The zero-order chi connectivity index (χ0) is 9.90. The molecule has 0 aromatic heterocycles. The quantitative estimate of drug-likeness (QED) is 0.667. The summed E-state index contributed by atoms with van der Waals surface area (Å²) >= 11 is 0. The van der Waals surface area contributed by atoms with Crippen LogP contribution in [-0.2, 0) is 9.53 Å². The minimum Gasteiger partial charge on any atom is -0.479 e. The summed E-state index contributed by atoms with van der Waals surface area (Å²) in [6, 6.07) is 0. The van der Waals surface area contributed by atoms with Crippen LogP contribution in [0.2, 0.25) is 0 Å². The molecular formula is C9H16O4. The second kappa shape index (κ2) is 4.07. The van der Waals surface area contributed by atoms with Crippen molar-refractivity contribution in [3.8, 4) is 0 Å². The van der Waals surface area contributed by atoms with Crippen LogP contribution in [0.4, 0.5) is 0 Å². The van der Waals surface area contributed by atoms with E-state index < -0.39 is 11.6 Å². The fourth-order valence-electron chi connectivity index (χ4n) is 1.64. The first-order valence-electron chi connectivity index (χ1n) is 4.58. The second-order valence-electron chi connectivity index (χ2n) is 3.69. The van der Waals surface area contributed by atoms with Crippen LogP contribution in [0, 0.1) is 5.92 Å². The third-order valence-corrected chi connectivity index (χ3v) is 2.68. The van der Waals surface area contributed by atoms with Gasteiger partial charge in [0.05, 0.1) is 0 Å². The highest BCUT2D eigenvalue weighted by atomic mass is 16.5. The van der Waals surface area contributed by atoms with Gasteiger partial charge in [-0.25, -0.2) is 4.79 Å². The van der Waals surface area contributed by atoms with Gasteiger partial charge in [0.2, 0.25) is 0 Å². The highest BCUT2D eigenvalue weighted by molar-refractivity contribution is 5.76. The van der Waals surface area contributed by atoms with E-state index in [0.717, 1.165) is 12.8 Å². The molecule has 1 fully saturated rings. The topological polar surface area (TPSA) is 66.8 Å². The molecule has 13 heavy (non-hydrogen) atoms. The maximum atomic E-state index is 10.7. The molecule has 0 amide bonds. The van der Waals surface area contributed by atoms with Crippen LogP contribution in [0.1, 0.15) is 26.2 Å². The Hall–Kier alpha value is -0.610. The molecule has 0 saturated carbocycles. The predicted octanol–water partition coefficient (Wildman–Crippen LogP) is 0.639. The third kappa shape index (κ3) is 2.42. The van der Waals surface area contributed by atoms with Gasteiger partial charge in [0, 0.05) is 19.1 Å². The van der Waals surface area contributed by atoms with E-state index in [1.54, 1.807) is 0 Å². The van der Waals surface area contributed by atoms with Crippen molar-refractivity contribution in [2.75, 3.05) is 13.2 Å². The maximum absolute atomic E-state index is 10.7. The molecule has 0 aliphatic carbocycles. The van der Waals surface area contributed by atoms with Gasteiger partial charge in [0.15, 0.2) is 5.60 Å². The molecule has 0 aromatic rings. The standard InChI is InChI=1S/C9H16O4/c1-9(12,8(10)11)7-3-2-5-13-6-4-7/h7,12H,2-6H2,1H3,(H,10,11). The number of ether oxygens (including phenoxy) is 1. The van der Waals surface area contributed by atoms with E-state index in [-0.39, 0.29) is 5.92 Å². The van der Waals surface area contributed by atoms with Crippen LogP contribution in [0.3, 0.4) is 0 Å². The molecule has 1 aliphatic heterocycles. The lowest BCUT2D eigenvalue weighted by Crippen LogP contribution is -2.43. The van der Waals surface area contributed by atoms with E-state index in [1.165, 1.54) is 6.92 Å². The average Bonchev–Trinajstić information content (AvgIpc) is 2.31. The number of aliphatic hydroxyl groups is 1. The molecule has 0 aromatic carbocycles. The molecule has 1 aliphatic rings. The zero-order valence-corrected chi connectivity index (χ0v) is 7.82. The van der Waals surface area contributed by atoms with Crippen molar-refractivity contribution in [3.05, 3.63) is 0 Å². The Balaban J connectivity index is 2.62. The van der Waals surface area contributed by atoms with Crippen molar-refractivity contribution in [2.24, 2.45) is 5.92 Å². The molecule has 4 heteroatoms. The molecule has 0 spiro atoms. The fourth-order valence-corrected chi connectivity index (χ4v) is 1.64. The largest absolute Gasteiger partial charge is 0.479 e. The van der Waals surface area contributed by atoms with E-state index in [0.29, 0.717) is 19.6 Å². The SMILES string of the molecule is CC(O)(C(=O)O)C1CCCOCC1. The van der Waals surface area contributed by atoms with Gasteiger partial charge in [-0.15, -0.1) is 0 Å². The lowest BCUT2D eigenvalue weighted by atomic mass is 9.84. The predicted molar refractivity (Wildman–Crippen MR) is 46.4 cm³/mol. The van der Waals surface area contributed by atoms with Crippen LogP contribution in [0.15, 0.2) is 0 Å². The summed E-state index contributed by atoms with van der Waals surface area (Å²) in [5.74, 6) is -1.33. The Labute approximate surface area is 77.5 Å². The average molecular weight is 188 g/mol. The van der Waals surface area contributed by atoms with Gasteiger partial charge < -0.3 is 14.9 Å². The van der Waals surface area contributed by atoms with Crippen LogP contribution in [0.5, 0.6) is 0 Å². The molecule has 4 nitrogen and oxygen atoms in total. The number of hydrogen-bond acceptors (Lipinski definition) is 3. The summed E-state index contributed by atoms with van der Waals surface area (Å²) in [4.78, 5) is 10.7. The first-order chi connectivity index (χ1) is 6.05. The zero-order valence-electron chi connectivity index (χ0n) is 7.82. The lowest BCUT2D eigenvalue weighted by Gasteiger charge is -2.27. The fraction of sp³-hybridized carbons (Fsp3) is 0.889. The number of aliphatic carboxylic acids is 1. The van der Waals surface area contributed by atoms with Crippen LogP contribution in [0.25, 0.3) is 0 Å². The minimum atomic E-state index is -1.60. The van der Waals surface area contributed by atoms with Crippen molar-refractivity contribution >= 4 is 5.97 Å². The Morgan fingerprint density at radius 3 is 2.77 bits per heavy atom. The molecule has 1 rings (SSSR count). The molecule has 2 atom stereocenters. The van der Waals surface area contributed by atoms with Crippen molar-refractivity contribution in [1.82, 2.24) is 0 Å². The molecule has 0 radical (unpaired) electrons. The highest BCUT2D eigenvalue weighted by Gasteiger charge is 2.39. The Morgan fingerprint density at radius 1 is 1.46 bits per heavy atom. The maximum Gasteiger partial charge on any atom is 0.335 e. The third-order valence-electron chi connectivity index (χ3n) is 2.68. The normalized spacial score (nSPS) is 28.9. The summed E-state index contributed by atoms with van der Waals surface area (Å²) in [6.07, 6.45) is 2.17. The first-order valence-corrected chi connectivity index (χ1v) is 4.58. The van der Waals surface area contributed by atoms with E-state index >= 15 is 0 Å². The molecule has 2 N–H and O–H groups in total. The Bertz CT molecular complexity index is 180. The summed E-state index contributed by atoms with van der Waals surface area (Å²) in [6.45, 7) is 2.59. The number of hydrogen-bond donors (Lipinski definition) is 2. The summed E-state index contributed by atoms with van der Waals surface area (Å²) in [5.41, 5.74) is -1.60. The Kier molecular flexibility index (Phi) is 3.27. The van der Waals surface area contributed by atoms with Crippen molar-refractivity contribution < 1.29 is 19.7 Å². The second-order valence-corrected chi connectivity index (χ2v) is 3.69. The van der Waals surface area contributed by atoms with Crippen LogP contribution in [-0.4, -0.2) is 35.0 Å². The van der Waals surface area contributed by atoms with Gasteiger partial charge >= 0.3 is 5.97 Å². The van der Waals surface area contributed by atoms with Gasteiger partial charge in [-0.2, -0.15) is 0 Å². The van der Waals surface area contributed by atoms with E-state index in [2.05, 4.69) is 0 Å². The van der Waals surface area contributed by atoms with Crippen molar-refractivity contribution in [2.45, 2.75) is 31.8 Å². The molecule has 1 saturated heterocycles. The monoisotopic (exact) mass is 188 g/mol. The molecular weight excluding hydrogens is 172 g/mol. The summed E-state index contributed by atoms with van der Waals surface area (Å²) < 4.78 is 5.20. The highest BCUT2D eigenvalue weighted by Crippen LogP contribution is 2.27. The van der Waals surface area contributed by atoms with Crippen LogP contribution >= 0.6 is 0 Å². The first kappa shape index (κ1) is 10.5. The minimum absolute atomic E-state index is 0.188. The Morgan fingerprint density at radius 2 is 2.15 bits per heavy atom. The number of carboxylic acid groups (broad SMARTS) is 1. The lowest BCUT2D eigenvalue weighted by molar-refractivity contribution is -0.163. The van der Waals surface area contributed by atoms with E-state index in [9.17, 15) is 9.90 Å². The van der Waals surface area contributed by atoms with Gasteiger partial charge in [-0.3, -0.25) is 0 Å². The van der Waals surface area contributed by atoms with Gasteiger partial charge in [-0.05, 0) is 26.2 Å².